The molecule has 0 saturated carbocycles. The fraction of sp³-hybridized carbons (Fsp3) is 0.167. The van der Waals surface area contributed by atoms with Crippen LogP contribution in [0.5, 0.6) is 0 Å². The molecule has 0 spiro atoms. The Labute approximate surface area is 93.0 Å². The highest BCUT2D eigenvalue weighted by molar-refractivity contribution is 7.07. The van der Waals surface area contributed by atoms with Gasteiger partial charge in [-0.25, -0.2) is 0 Å². The first-order chi connectivity index (χ1) is 7.25. The van der Waals surface area contributed by atoms with E-state index in [9.17, 15) is 5.11 Å². The Kier molecular flexibility index (Phi) is 3.04. The van der Waals surface area contributed by atoms with Crippen molar-refractivity contribution in [1.29, 1.82) is 0 Å². The van der Waals surface area contributed by atoms with Crippen molar-refractivity contribution in [2.24, 2.45) is 0 Å². The Morgan fingerprint density at radius 2 is 2.20 bits per heavy atom. The van der Waals surface area contributed by atoms with Gasteiger partial charge in [0, 0.05) is 12.1 Å². The highest BCUT2D eigenvalue weighted by Gasteiger charge is 2.08. The number of rotatable bonds is 3. The average molecular weight is 219 g/mol. The lowest BCUT2D eigenvalue weighted by Crippen LogP contribution is -2.01. The fourth-order valence-corrected chi connectivity index (χ4v) is 2.20. The van der Waals surface area contributed by atoms with Crippen molar-refractivity contribution in [3.8, 4) is 0 Å². The molecule has 3 heteroatoms. The van der Waals surface area contributed by atoms with Crippen molar-refractivity contribution in [3.05, 3.63) is 52.2 Å². The molecule has 1 aromatic carbocycles. The van der Waals surface area contributed by atoms with Gasteiger partial charge in [-0.05, 0) is 40.1 Å². The van der Waals surface area contributed by atoms with Crippen molar-refractivity contribution < 1.29 is 5.11 Å². The molecule has 1 heterocycles. The van der Waals surface area contributed by atoms with Crippen molar-refractivity contribution in [1.82, 2.24) is 0 Å². The zero-order valence-electron chi connectivity index (χ0n) is 8.26. The van der Waals surface area contributed by atoms with Crippen LogP contribution in [0, 0.1) is 0 Å². The van der Waals surface area contributed by atoms with E-state index in [2.05, 4.69) is 5.38 Å². The predicted molar refractivity (Wildman–Crippen MR) is 63.8 cm³/mol. The molecule has 3 N–H and O–H groups in total. The number of aliphatic hydroxyl groups is 1. The molecule has 0 aliphatic carbocycles. The van der Waals surface area contributed by atoms with Crippen LogP contribution in [0.2, 0.25) is 0 Å². The van der Waals surface area contributed by atoms with Crippen LogP contribution in [0.15, 0.2) is 41.1 Å². The lowest BCUT2D eigenvalue weighted by Gasteiger charge is -2.10. The third-order valence-corrected chi connectivity index (χ3v) is 3.04. The van der Waals surface area contributed by atoms with Gasteiger partial charge in [-0.1, -0.05) is 12.1 Å². The largest absolute Gasteiger partial charge is 0.399 e. The molecular formula is C12H13NOS. The number of hydrogen-bond donors (Lipinski definition) is 2. The monoisotopic (exact) mass is 219 g/mol. The molecule has 78 valence electrons. The van der Waals surface area contributed by atoms with Gasteiger partial charge >= 0.3 is 0 Å². The first kappa shape index (κ1) is 10.2. The predicted octanol–water partition coefficient (Wildman–Crippen LogP) is 2.61. The van der Waals surface area contributed by atoms with Crippen molar-refractivity contribution in [3.63, 3.8) is 0 Å². The minimum atomic E-state index is -0.469. The van der Waals surface area contributed by atoms with E-state index in [-0.39, 0.29) is 0 Å². The zero-order valence-corrected chi connectivity index (χ0v) is 9.08. The van der Waals surface area contributed by atoms with E-state index in [1.165, 1.54) is 0 Å². The van der Waals surface area contributed by atoms with E-state index in [0.717, 1.165) is 11.1 Å². The number of hydrogen-bond acceptors (Lipinski definition) is 3. The first-order valence-electron chi connectivity index (χ1n) is 4.80. The maximum Gasteiger partial charge on any atom is 0.0831 e. The van der Waals surface area contributed by atoms with Crippen LogP contribution in [0.1, 0.15) is 17.2 Å². The van der Waals surface area contributed by atoms with Crippen molar-refractivity contribution in [2.45, 2.75) is 12.5 Å². The van der Waals surface area contributed by atoms with Crippen LogP contribution in [0.3, 0.4) is 0 Å². The summed E-state index contributed by atoms with van der Waals surface area (Å²) < 4.78 is 0. The Balaban J connectivity index is 2.11. The van der Waals surface area contributed by atoms with Gasteiger partial charge in [0.05, 0.1) is 6.10 Å². The molecule has 2 aromatic rings. The third kappa shape index (κ3) is 2.58. The van der Waals surface area contributed by atoms with Gasteiger partial charge in [-0.15, -0.1) is 0 Å². The normalized spacial score (nSPS) is 12.6. The second-order valence-corrected chi connectivity index (χ2v) is 4.30. The summed E-state index contributed by atoms with van der Waals surface area (Å²) in [5.74, 6) is 0. The highest BCUT2D eigenvalue weighted by Crippen LogP contribution is 2.21. The molecule has 2 nitrogen and oxygen atoms in total. The topological polar surface area (TPSA) is 46.2 Å². The Morgan fingerprint density at radius 3 is 2.87 bits per heavy atom. The standard InChI is InChI=1S/C12H13NOS/c13-11-3-1-2-10(7-11)12(14)6-9-4-5-15-8-9/h1-5,7-8,12,14H,6,13H2. The van der Waals surface area contributed by atoms with E-state index in [4.69, 9.17) is 5.73 Å². The number of nitrogens with two attached hydrogens (primary N) is 1. The molecule has 0 saturated heterocycles. The number of anilines is 1. The highest BCUT2D eigenvalue weighted by atomic mass is 32.1. The molecule has 0 bridgehead atoms. The number of thiophene rings is 1. The second-order valence-electron chi connectivity index (χ2n) is 3.52. The van der Waals surface area contributed by atoms with Gasteiger partial charge in [-0.3, -0.25) is 0 Å². The maximum atomic E-state index is 9.97. The summed E-state index contributed by atoms with van der Waals surface area (Å²) in [7, 11) is 0. The molecule has 1 aromatic heterocycles. The lowest BCUT2D eigenvalue weighted by molar-refractivity contribution is 0.178. The van der Waals surface area contributed by atoms with Crippen molar-refractivity contribution in [2.75, 3.05) is 5.73 Å². The van der Waals surface area contributed by atoms with E-state index < -0.39 is 6.10 Å². The molecule has 1 unspecified atom stereocenters. The molecule has 0 aliphatic heterocycles. The van der Waals surface area contributed by atoms with Crippen molar-refractivity contribution >= 4 is 17.0 Å². The Morgan fingerprint density at radius 1 is 1.33 bits per heavy atom. The molecule has 15 heavy (non-hydrogen) atoms. The van der Waals surface area contributed by atoms with Crippen LogP contribution < -0.4 is 5.73 Å². The average Bonchev–Trinajstić information content (AvgIpc) is 2.70. The number of benzene rings is 1. The van der Waals surface area contributed by atoms with E-state index in [1.54, 1.807) is 11.3 Å². The molecule has 0 radical (unpaired) electrons. The molecule has 2 rings (SSSR count). The summed E-state index contributed by atoms with van der Waals surface area (Å²) in [6.45, 7) is 0. The molecule has 0 aliphatic rings. The third-order valence-electron chi connectivity index (χ3n) is 2.30. The fourth-order valence-electron chi connectivity index (χ4n) is 1.52. The van der Waals surface area contributed by atoms with E-state index in [1.807, 2.05) is 35.7 Å². The van der Waals surface area contributed by atoms with E-state index >= 15 is 0 Å². The quantitative estimate of drug-likeness (QED) is 0.779. The summed E-state index contributed by atoms with van der Waals surface area (Å²) in [4.78, 5) is 0. The van der Waals surface area contributed by atoms with Gasteiger partial charge in [0.2, 0.25) is 0 Å². The zero-order chi connectivity index (χ0) is 10.7. The van der Waals surface area contributed by atoms with Crippen LogP contribution in [0.25, 0.3) is 0 Å². The van der Waals surface area contributed by atoms with Crippen LogP contribution >= 0.6 is 11.3 Å². The minimum absolute atomic E-state index is 0.469. The van der Waals surface area contributed by atoms with Crippen LogP contribution in [-0.2, 0) is 6.42 Å². The minimum Gasteiger partial charge on any atom is -0.399 e. The maximum absolute atomic E-state index is 9.97. The molecule has 0 fully saturated rings. The smallest absolute Gasteiger partial charge is 0.0831 e. The van der Waals surface area contributed by atoms with Gasteiger partial charge in [0.25, 0.3) is 0 Å². The lowest BCUT2D eigenvalue weighted by atomic mass is 10.0. The first-order valence-corrected chi connectivity index (χ1v) is 5.74. The summed E-state index contributed by atoms with van der Waals surface area (Å²) in [5, 5.41) is 14.0. The molecule has 1 atom stereocenters. The Bertz CT molecular complexity index is 425. The number of aliphatic hydroxyl groups excluding tert-OH is 1. The van der Waals surface area contributed by atoms with Gasteiger partial charge in [0.15, 0.2) is 0 Å². The van der Waals surface area contributed by atoms with E-state index in [0.29, 0.717) is 12.1 Å². The Hall–Kier alpha value is -1.32. The van der Waals surface area contributed by atoms with Gasteiger partial charge < -0.3 is 10.8 Å². The summed E-state index contributed by atoms with van der Waals surface area (Å²) in [6.07, 6.45) is 0.176. The summed E-state index contributed by atoms with van der Waals surface area (Å²) in [6, 6.07) is 9.42. The molecular weight excluding hydrogens is 206 g/mol. The van der Waals surface area contributed by atoms with Crippen LogP contribution in [0.4, 0.5) is 5.69 Å². The SMILES string of the molecule is Nc1cccc(C(O)Cc2ccsc2)c1. The summed E-state index contributed by atoms with van der Waals surface area (Å²) >= 11 is 1.64. The number of nitrogen functional groups attached to an aromatic ring is 1. The van der Waals surface area contributed by atoms with Gasteiger partial charge in [-0.2, -0.15) is 11.3 Å². The van der Waals surface area contributed by atoms with Gasteiger partial charge in [0.1, 0.15) is 0 Å². The summed E-state index contributed by atoms with van der Waals surface area (Å²) in [5.41, 5.74) is 8.39. The van der Waals surface area contributed by atoms with Crippen LogP contribution in [-0.4, -0.2) is 5.11 Å². The second kappa shape index (κ2) is 4.47. The molecule has 0 amide bonds.